The van der Waals surface area contributed by atoms with Crippen LogP contribution in [0.1, 0.15) is 52.4 Å². The van der Waals surface area contributed by atoms with Crippen molar-refractivity contribution in [3.8, 4) is 0 Å². The first-order chi connectivity index (χ1) is 6.63. The average molecular weight is 196 g/mol. The minimum atomic E-state index is 0.575. The Bertz CT molecular complexity index is 183. The SMILES string of the molecule is COCC12CCC(C(C)C)(CC1)CC2. The number of hydrogen-bond donors (Lipinski definition) is 0. The van der Waals surface area contributed by atoms with E-state index in [4.69, 9.17) is 4.74 Å². The summed E-state index contributed by atoms with van der Waals surface area (Å²) in [5, 5.41) is 0. The molecule has 0 N–H and O–H groups in total. The summed E-state index contributed by atoms with van der Waals surface area (Å²) in [5.41, 5.74) is 1.28. The second-order valence-electron chi connectivity index (χ2n) is 5.95. The van der Waals surface area contributed by atoms with Crippen molar-refractivity contribution in [2.75, 3.05) is 13.7 Å². The maximum Gasteiger partial charge on any atom is 0.0518 e. The van der Waals surface area contributed by atoms with Crippen LogP contribution in [0.5, 0.6) is 0 Å². The highest BCUT2D eigenvalue weighted by Gasteiger charge is 2.49. The maximum atomic E-state index is 5.39. The van der Waals surface area contributed by atoms with Gasteiger partial charge in [-0.1, -0.05) is 13.8 Å². The van der Waals surface area contributed by atoms with Crippen molar-refractivity contribution in [2.45, 2.75) is 52.4 Å². The Hall–Kier alpha value is -0.0400. The van der Waals surface area contributed by atoms with Crippen LogP contribution < -0.4 is 0 Å². The fourth-order valence-corrected chi connectivity index (χ4v) is 3.68. The molecule has 0 heterocycles. The largest absolute Gasteiger partial charge is 0.384 e. The van der Waals surface area contributed by atoms with Gasteiger partial charge in [0.05, 0.1) is 6.61 Å². The molecule has 1 nitrogen and oxygen atoms in total. The molecular weight excluding hydrogens is 172 g/mol. The van der Waals surface area contributed by atoms with E-state index in [1.165, 1.54) is 38.5 Å². The van der Waals surface area contributed by atoms with Gasteiger partial charge in [-0.25, -0.2) is 0 Å². The smallest absolute Gasteiger partial charge is 0.0518 e. The van der Waals surface area contributed by atoms with Crippen molar-refractivity contribution in [2.24, 2.45) is 16.7 Å². The van der Waals surface area contributed by atoms with E-state index >= 15 is 0 Å². The molecule has 2 bridgehead atoms. The molecule has 0 unspecified atom stereocenters. The Morgan fingerprint density at radius 3 is 1.86 bits per heavy atom. The van der Waals surface area contributed by atoms with Crippen LogP contribution >= 0.6 is 0 Å². The zero-order valence-corrected chi connectivity index (χ0v) is 9.94. The third kappa shape index (κ3) is 1.50. The highest BCUT2D eigenvalue weighted by Crippen LogP contribution is 2.59. The molecule has 3 saturated carbocycles. The molecule has 0 radical (unpaired) electrons. The van der Waals surface area contributed by atoms with E-state index in [0.29, 0.717) is 10.8 Å². The van der Waals surface area contributed by atoms with E-state index < -0.39 is 0 Å². The van der Waals surface area contributed by atoms with E-state index in [9.17, 15) is 0 Å². The average Bonchev–Trinajstić information content (AvgIpc) is 2.20. The summed E-state index contributed by atoms with van der Waals surface area (Å²) < 4.78 is 5.39. The summed E-state index contributed by atoms with van der Waals surface area (Å²) in [6.07, 6.45) is 8.60. The standard InChI is InChI=1S/C13H24O/c1-11(2)13-7-4-12(5-8-13,6-9-13)10-14-3/h11H,4-10H2,1-3H3. The molecule has 0 aromatic carbocycles. The quantitative estimate of drug-likeness (QED) is 0.669. The summed E-state index contributed by atoms with van der Waals surface area (Å²) >= 11 is 0. The predicted molar refractivity (Wildman–Crippen MR) is 59.3 cm³/mol. The lowest BCUT2D eigenvalue weighted by Crippen LogP contribution is -2.46. The molecular formula is C13H24O. The van der Waals surface area contributed by atoms with Crippen molar-refractivity contribution < 1.29 is 4.74 Å². The number of ether oxygens (including phenoxy) is 1. The fourth-order valence-electron chi connectivity index (χ4n) is 3.68. The van der Waals surface area contributed by atoms with Gasteiger partial charge in [-0.15, -0.1) is 0 Å². The van der Waals surface area contributed by atoms with Gasteiger partial charge < -0.3 is 4.74 Å². The molecule has 0 atom stereocenters. The lowest BCUT2D eigenvalue weighted by Gasteiger charge is -2.55. The minimum absolute atomic E-state index is 0.575. The first-order valence-electron chi connectivity index (χ1n) is 6.12. The fraction of sp³-hybridized carbons (Fsp3) is 1.00. The molecule has 1 heteroatoms. The van der Waals surface area contributed by atoms with Gasteiger partial charge in [0.15, 0.2) is 0 Å². The number of hydrogen-bond acceptors (Lipinski definition) is 1. The van der Waals surface area contributed by atoms with Crippen LogP contribution in [-0.4, -0.2) is 13.7 Å². The van der Waals surface area contributed by atoms with Crippen LogP contribution in [0.2, 0.25) is 0 Å². The van der Waals surface area contributed by atoms with Gasteiger partial charge in [0.2, 0.25) is 0 Å². The molecule has 0 aromatic rings. The molecule has 0 aliphatic heterocycles. The molecule has 14 heavy (non-hydrogen) atoms. The number of rotatable bonds is 3. The van der Waals surface area contributed by atoms with Crippen molar-refractivity contribution in [1.82, 2.24) is 0 Å². The van der Waals surface area contributed by atoms with E-state index in [-0.39, 0.29) is 0 Å². The third-order valence-electron chi connectivity index (χ3n) is 5.13. The molecule has 0 aromatic heterocycles. The van der Waals surface area contributed by atoms with Crippen LogP contribution in [0.25, 0.3) is 0 Å². The highest BCUT2D eigenvalue weighted by molar-refractivity contribution is 5.00. The second kappa shape index (κ2) is 3.52. The summed E-state index contributed by atoms with van der Waals surface area (Å²) in [7, 11) is 1.85. The van der Waals surface area contributed by atoms with Crippen molar-refractivity contribution in [3.63, 3.8) is 0 Å². The summed E-state index contributed by atoms with van der Waals surface area (Å²) in [6, 6.07) is 0. The molecule has 3 aliphatic carbocycles. The summed E-state index contributed by atoms with van der Waals surface area (Å²) in [5.74, 6) is 0.878. The van der Waals surface area contributed by atoms with Gasteiger partial charge in [0.25, 0.3) is 0 Å². The van der Waals surface area contributed by atoms with Crippen LogP contribution in [0.15, 0.2) is 0 Å². The third-order valence-corrected chi connectivity index (χ3v) is 5.13. The molecule has 3 rings (SSSR count). The van der Waals surface area contributed by atoms with Gasteiger partial charge >= 0.3 is 0 Å². The number of fused-ring (bicyclic) bond motifs is 3. The van der Waals surface area contributed by atoms with Crippen molar-refractivity contribution in [1.29, 1.82) is 0 Å². The topological polar surface area (TPSA) is 9.23 Å². The summed E-state index contributed by atoms with van der Waals surface area (Å²) in [6.45, 7) is 5.82. The maximum absolute atomic E-state index is 5.39. The lowest BCUT2D eigenvalue weighted by molar-refractivity contribution is -0.0727. The zero-order valence-electron chi connectivity index (χ0n) is 9.94. The van der Waals surface area contributed by atoms with E-state index in [2.05, 4.69) is 13.8 Å². The van der Waals surface area contributed by atoms with Gasteiger partial charge in [-0.3, -0.25) is 0 Å². The van der Waals surface area contributed by atoms with Crippen molar-refractivity contribution in [3.05, 3.63) is 0 Å². The Balaban J connectivity index is 2.05. The minimum Gasteiger partial charge on any atom is -0.384 e. The first-order valence-corrected chi connectivity index (χ1v) is 6.12. The lowest BCUT2D eigenvalue weighted by atomic mass is 9.51. The van der Waals surface area contributed by atoms with Gasteiger partial charge in [0.1, 0.15) is 0 Å². The number of methoxy groups -OCH3 is 1. The molecule has 82 valence electrons. The van der Waals surface area contributed by atoms with Crippen LogP contribution in [-0.2, 0) is 4.74 Å². The van der Waals surface area contributed by atoms with Crippen LogP contribution in [0.4, 0.5) is 0 Å². The van der Waals surface area contributed by atoms with Gasteiger partial charge in [-0.2, -0.15) is 0 Å². The molecule has 3 fully saturated rings. The van der Waals surface area contributed by atoms with Crippen LogP contribution in [0, 0.1) is 16.7 Å². The Morgan fingerprint density at radius 1 is 1.00 bits per heavy atom. The van der Waals surface area contributed by atoms with Crippen LogP contribution in [0.3, 0.4) is 0 Å². The monoisotopic (exact) mass is 196 g/mol. The molecule has 0 amide bonds. The highest BCUT2D eigenvalue weighted by atomic mass is 16.5. The van der Waals surface area contributed by atoms with Crippen molar-refractivity contribution >= 4 is 0 Å². The molecule has 3 aliphatic rings. The van der Waals surface area contributed by atoms with E-state index in [1.807, 2.05) is 7.11 Å². The molecule has 0 spiro atoms. The Labute approximate surface area is 88.2 Å². The summed E-state index contributed by atoms with van der Waals surface area (Å²) in [4.78, 5) is 0. The van der Waals surface area contributed by atoms with Gasteiger partial charge in [0, 0.05) is 7.11 Å². The predicted octanol–water partition coefficient (Wildman–Crippen LogP) is 3.63. The first kappa shape index (κ1) is 10.5. The molecule has 0 saturated heterocycles. The Morgan fingerprint density at radius 2 is 1.50 bits per heavy atom. The zero-order chi connectivity index (χ0) is 10.2. The Kier molecular flexibility index (Phi) is 2.63. The van der Waals surface area contributed by atoms with Gasteiger partial charge in [-0.05, 0) is 55.3 Å². The normalized spacial score (nSPS) is 42.0. The van der Waals surface area contributed by atoms with E-state index in [1.54, 1.807) is 0 Å². The second-order valence-corrected chi connectivity index (χ2v) is 5.95. The van der Waals surface area contributed by atoms with E-state index in [0.717, 1.165) is 12.5 Å².